The van der Waals surface area contributed by atoms with Crippen molar-refractivity contribution in [2.75, 3.05) is 19.2 Å². The van der Waals surface area contributed by atoms with Crippen molar-refractivity contribution in [2.45, 2.75) is 6.92 Å². The molecule has 0 unspecified atom stereocenters. The number of halogens is 1. The quantitative estimate of drug-likeness (QED) is 0.381. The van der Waals surface area contributed by atoms with Crippen LogP contribution in [0.3, 0.4) is 0 Å². The predicted molar refractivity (Wildman–Crippen MR) is 123 cm³/mol. The first-order chi connectivity index (χ1) is 16.0. The minimum absolute atomic E-state index is 0.169. The van der Waals surface area contributed by atoms with E-state index in [1.165, 1.54) is 18.2 Å². The molecule has 1 aliphatic heterocycles. The Morgan fingerprint density at radius 1 is 1.06 bits per heavy atom. The van der Waals surface area contributed by atoms with Gasteiger partial charge in [0.15, 0.2) is 11.5 Å². The van der Waals surface area contributed by atoms with Gasteiger partial charge < -0.3 is 23.9 Å². The SMILES string of the molecule is COc1cc2occ(-c3ccc(F)cc3)c2cc1/C(C)=C/C(=O)Nc1ccc2c(c1)OCO2. The van der Waals surface area contributed by atoms with Gasteiger partial charge in [-0.2, -0.15) is 0 Å². The molecule has 33 heavy (non-hydrogen) atoms. The highest BCUT2D eigenvalue weighted by Crippen LogP contribution is 2.38. The fraction of sp³-hybridized carbons (Fsp3) is 0.115. The van der Waals surface area contributed by atoms with E-state index in [0.717, 1.165) is 22.1 Å². The molecule has 0 radical (unpaired) electrons. The summed E-state index contributed by atoms with van der Waals surface area (Å²) in [5, 5.41) is 3.67. The molecule has 0 aliphatic carbocycles. The van der Waals surface area contributed by atoms with Crippen molar-refractivity contribution in [1.29, 1.82) is 0 Å². The van der Waals surface area contributed by atoms with Gasteiger partial charge in [0.25, 0.3) is 0 Å². The van der Waals surface area contributed by atoms with Crippen molar-refractivity contribution in [3.8, 4) is 28.4 Å². The fourth-order valence-corrected chi connectivity index (χ4v) is 3.81. The third-order valence-corrected chi connectivity index (χ3v) is 5.46. The van der Waals surface area contributed by atoms with Gasteiger partial charge >= 0.3 is 0 Å². The number of benzene rings is 3. The zero-order valence-corrected chi connectivity index (χ0v) is 18.0. The van der Waals surface area contributed by atoms with Crippen LogP contribution in [0.5, 0.6) is 17.2 Å². The molecule has 6 nitrogen and oxygen atoms in total. The lowest BCUT2D eigenvalue weighted by atomic mass is 9.99. The summed E-state index contributed by atoms with van der Waals surface area (Å²) in [6.07, 6.45) is 3.14. The fourth-order valence-electron chi connectivity index (χ4n) is 3.81. The number of carbonyl (C=O) groups excluding carboxylic acids is 1. The molecule has 3 aromatic carbocycles. The largest absolute Gasteiger partial charge is 0.496 e. The molecule has 0 fully saturated rings. The minimum Gasteiger partial charge on any atom is -0.496 e. The van der Waals surface area contributed by atoms with Gasteiger partial charge in [0.1, 0.15) is 17.1 Å². The number of amides is 1. The van der Waals surface area contributed by atoms with Gasteiger partial charge in [0.2, 0.25) is 12.7 Å². The number of hydrogen-bond acceptors (Lipinski definition) is 5. The second-order valence-corrected chi connectivity index (χ2v) is 7.59. The first-order valence-corrected chi connectivity index (χ1v) is 10.3. The third-order valence-electron chi connectivity index (χ3n) is 5.46. The van der Waals surface area contributed by atoms with Gasteiger partial charge in [0.05, 0.1) is 13.4 Å². The molecule has 166 valence electrons. The molecule has 1 aromatic heterocycles. The summed E-state index contributed by atoms with van der Waals surface area (Å²) >= 11 is 0. The Kier molecular flexibility index (Phi) is 5.22. The molecule has 0 atom stereocenters. The summed E-state index contributed by atoms with van der Waals surface area (Å²) < 4.78 is 35.3. The molecular weight excluding hydrogens is 425 g/mol. The maximum Gasteiger partial charge on any atom is 0.248 e. The molecule has 4 aromatic rings. The topological polar surface area (TPSA) is 69.9 Å². The van der Waals surface area contributed by atoms with E-state index < -0.39 is 0 Å². The van der Waals surface area contributed by atoms with Crippen molar-refractivity contribution in [2.24, 2.45) is 0 Å². The van der Waals surface area contributed by atoms with Crippen molar-refractivity contribution in [1.82, 2.24) is 0 Å². The number of furan rings is 1. The molecule has 5 rings (SSSR count). The van der Waals surface area contributed by atoms with Gasteiger partial charge in [0, 0.05) is 40.4 Å². The molecule has 7 heteroatoms. The van der Waals surface area contributed by atoms with Crippen LogP contribution in [-0.2, 0) is 4.79 Å². The molecule has 2 heterocycles. The van der Waals surface area contributed by atoms with E-state index in [-0.39, 0.29) is 18.5 Å². The van der Waals surface area contributed by atoms with Gasteiger partial charge in [-0.05, 0) is 48.4 Å². The van der Waals surface area contributed by atoms with Crippen LogP contribution in [0.4, 0.5) is 10.1 Å². The van der Waals surface area contributed by atoms with Crippen LogP contribution in [0.15, 0.2) is 71.4 Å². The molecular formula is C26H20FNO5. The van der Waals surface area contributed by atoms with Crippen LogP contribution in [-0.4, -0.2) is 19.8 Å². The van der Waals surface area contributed by atoms with E-state index in [1.807, 2.05) is 13.0 Å². The van der Waals surface area contributed by atoms with Gasteiger partial charge in [-0.25, -0.2) is 4.39 Å². The standard InChI is InChI=1S/C26H20FNO5/c1-15(9-26(29)28-18-7-8-22-25(10-18)33-14-32-22)19-11-20-21(16-3-5-17(27)6-4-16)13-31-24(20)12-23(19)30-2/h3-13H,14H2,1-2H3,(H,28,29)/b15-9+. The lowest BCUT2D eigenvalue weighted by Crippen LogP contribution is -2.08. The van der Waals surface area contributed by atoms with E-state index in [2.05, 4.69) is 5.32 Å². The van der Waals surface area contributed by atoms with Crippen molar-refractivity contribution >= 4 is 28.1 Å². The predicted octanol–water partition coefficient (Wildman–Crippen LogP) is 6.02. The molecule has 0 saturated carbocycles. The summed E-state index contributed by atoms with van der Waals surface area (Å²) in [7, 11) is 1.56. The summed E-state index contributed by atoms with van der Waals surface area (Å²) in [4.78, 5) is 12.7. The number of rotatable bonds is 5. The number of fused-ring (bicyclic) bond motifs is 2. The lowest BCUT2D eigenvalue weighted by Gasteiger charge is -2.10. The number of hydrogen-bond donors (Lipinski definition) is 1. The lowest BCUT2D eigenvalue weighted by molar-refractivity contribution is -0.111. The zero-order valence-electron chi connectivity index (χ0n) is 18.0. The number of carbonyl (C=O) groups is 1. The summed E-state index contributed by atoms with van der Waals surface area (Å²) in [5.41, 5.74) is 4.34. The second-order valence-electron chi connectivity index (χ2n) is 7.59. The highest BCUT2D eigenvalue weighted by Gasteiger charge is 2.16. The van der Waals surface area contributed by atoms with Crippen LogP contribution < -0.4 is 19.5 Å². The third kappa shape index (κ3) is 4.01. The summed E-state index contributed by atoms with van der Waals surface area (Å²) in [5.74, 6) is 1.22. The Morgan fingerprint density at radius 2 is 1.85 bits per heavy atom. The summed E-state index contributed by atoms with van der Waals surface area (Å²) in [6.45, 7) is 2.00. The highest BCUT2D eigenvalue weighted by atomic mass is 19.1. The van der Waals surface area contributed by atoms with Crippen molar-refractivity contribution < 1.29 is 27.8 Å². The average Bonchev–Trinajstić information content (AvgIpc) is 3.44. The Bertz CT molecular complexity index is 1390. The van der Waals surface area contributed by atoms with Crippen molar-refractivity contribution in [3.05, 3.63) is 78.3 Å². The first kappa shape index (κ1) is 20.6. The van der Waals surface area contributed by atoms with Gasteiger partial charge in [-0.1, -0.05) is 12.1 Å². The van der Waals surface area contributed by atoms with Crippen molar-refractivity contribution in [3.63, 3.8) is 0 Å². The molecule has 1 amide bonds. The number of allylic oxidation sites excluding steroid dienone is 1. The van der Waals surface area contributed by atoms with Crippen LogP contribution in [0, 0.1) is 5.82 Å². The Morgan fingerprint density at radius 3 is 2.64 bits per heavy atom. The van der Waals surface area contributed by atoms with Crippen LogP contribution in [0.1, 0.15) is 12.5 Å². The number of ether oxygens (including phenoxy) is 3. The van der Waals surface area contributed by atoms with E-state index in [0.29, 0.717) is 34.1 Å². The smallest absolute Gasteiger partial charge is 0.248 e. The Labute approximate surface area is 189 Å². The van der Waals surface area contributed by atoms with Gasteiger partial charge in [-0.3, -0.25) is 4.79 Å². The van der Waals surface area contributed by atoms with E-state index in [9.17, 15) is 9.18 Å². The average molecular weight is 445 g/mol. The monoisotopic (exact) mass is 445 g/mol. The maximum absolute atomic E-state index is 13.4. The second kappa shape index (κ2) is 8.35. The van der Waals surface area contributed by atoms with Gasteiger partial charge in [-0.15, -0.1) is 0 Å². The molecule has 1 N–H and O–H groups in total. The molecule has 0 bridgehead atoms. The molecule has 0 saturated heterocycles. The van der Waals surface area contributed by atoms with E-state index in [4.69, 9.17) is 18.6 Å². The van der Waals surface area contributed by atoms with Crippen LogP contribution in [0.2, 0.25) is 0 Å². The summed E-state index contributed by atoms with van der Waals surface area (Å²) in [6, 6.07) is 15.1. The van der Waals surface area contributed by atoms with E-state index in [1.54, 1.807) is 49.8 Å². The van der Waals surface area contributed by atoms with Crippen LogP contribution in [0.25, 0.3) is 27.7 Å². The molecule has 0 spiro atoms. The Hall–Kier alpha value is -4.26. The molecule has 1 aliphatic rings. The first-order valence-electron chi connectivity index (χ1n) is 10.3. The Balaban J connectivity index is 1.47. The zero-order chi connectivity index (χ0) is 22.9. The number of methoxy groups -OCH3 is 1. The number of anilines is 1. The van der Waals surface area contributed by atoms with Crippen LogP contribution >= 0.6 is 0 Å². The minimum atomic E-state index is -0.304. The normalized spacial score (nSPS) is 12.8. The maximum atomic E-state index is 13.4. The highest BCUT2D eigenvalue weighted by molar-refractivity contribution is 6.05. The van der Waals surface area contributed by atoms with E-state index >= 15 is 0 Å². The number of nitrogens with one attached hydrogen (secondary N) is 1.